The van der Waals surface area contributed by atoms with E-state index in [0.717, 1.165) is 57.2 Å². The Labute approximate surface area is 155 Å². The zero-order valence-electron chi connectivity index (χ0n) is 15.4. The number of hydrogen-bond donors (Lipinski definition) is 1. The summed E-state index contributed by atoms with van der Waals surface area (Å²) in [4.78, 5) is 7.06. The van der Waals surface area contributed by atoms with Crippen LogP contribution in [0.1, 0.15) is 30.3 Å². The number of imidazole rings is 1. The van der Waals surface area contributed by atoms with Crippen molar-refractivity contribution in [3.8, 4) is 5.75 Å². The van der Waals surface area contributed by atoms with Crippen LogP contribution in [-0.4, -0.2) is 53.4 Å². The van der Waals surface area contributed by atoms with Gasteiger partial charge in [-0.05, 0) is 30.5 Å². The lowest BCUT2D eigenvalue weighted by Gasteiger charge is -2.35. The predicted molar refractivity (Wildman–Crippen MR) is 100 cm³/mol. The normalized spacial score (nSPS) is 24.0. The number of benzene rings is 1. The molecular weight excluding hydrogens is 328 g/mol. The molecule has 0 saturated carbocycles. The molecule has 2 unspecified atom stereocenters. The molecular formula is C20H28N4O2. The number of hydrogen-bond acceptors (Lipinski definition) is 5. The molecule has 6 heteroatoms. The molecule has 0 radical (unpaired) electrons. The highest BCUT2D eigenvalue weighted by Crippen LogP contribution is 2.24. The van der Waals surface area contributed by atoms with Gasteiger partial charge in [0.15, 0.2) is 0 Å². The third-order valence-electron chi connectivity index (χ3n) is 5.28. The van der Waals surface area contributed by atoms with E-state index in [0.29, 0.717) is 12.6 Å². The number of aryl methyl sites for hydroxylation is 1. The quantitative estimate of drug-likeness (QED) is 0.859. The molecule has 3 heterocycles. The van der Waals surface area contributed by atoms with Gasteiger partial charge in [-0.3, -0.25) is 4.90 Å². The van der Waals surface area contributed by atoms with Crippen LogP contribution in [0.4, 0.5) is 0 Å². The lowest BCUT2D eigenvalue weighted by Crippen LogP contribution is -2.46. The van der Waals surface area contributed by atoms with E-state index in [-0.39, 0.29) is 6.10 Å². The molecule has 2 atom stereocenters. The van der Waals surface area contributed by atoms with Crippen molar-refractivity contribution in [3.63, 3.8) is 0 Å². The van der Waals surface area contributed by atoms with Gasteiger partial charge in [-0.25, -0.2) is 4.98 Å². The van der Waals surface area contributed by atoms with Gasteiger partial charge in [0.25, 0.3) is 0 Å². The third kappa shape index (κ3) is 4.09. The lowest BCUT2D eigenvalue weighted by atomic mass is 10.1. The average Bonchev–Trinajstić information content (AvgIpc) is 3.33. The summed E-state index contributed by atoms with van der Waals surface area (Å²) in [7, 11) is 2.06. The summed E-state index contributed by atoms with van der Waals surface area (Å²) in [6, 6.07) is 8.79. The van der Waals surface area contributed by atoms with E-state index in [2.05, 4.69) is 51.1 Å². The van der Waals surface area contributed by atoms with E-state index in [1.165, 1.54) is 5.56 Å². The predicted octanol–water partition coefficient (Wildman–Crippen LogP) is 2.12. The summed E-state index contributed by atoms with van der Waals surface area (Å²) in [5.41, 5.74) is 1.30. The first-order valence-electron chi connectivity index (χ1n) is 9.55. The molecule has 6 nitrogen and oxygen atoms in total. The Bertz CT molecular complexity index is 694. The molecule has 140 valence electrons. The molecule has 2 aromatic rings. The van der Waals surface area contributed by atoms with Crippen LogP contribution in [0.5, 0.6) is 5.75 Å². The first kappa shape index (κ1) is 17.5. The Morgan fingerprint density at radius 3 is 2.92 bits per heavy atom. The maximum absolute atomic E-state index is 5.87. The van der Waals surface area contributed by atoms with E-state index in [9.17, 15) is 0 Å². The summed E-state index contributed by atoms with van der Waals surface area (Å²) in [5, 5.41) is 3.49. The smallest absolute Gasteiger partial charge is 0.127 e. The van der Waals surface area contributed by atoms with Crippen LogP contribution in [-0.2, 0) is 18.3 Å². The van der Waals surface area contributed by atoms with Gasteiger partial charge >= 0.3 is 0 Å². The van der Waals surface area contributed by atoms with Crippen molar-refractivity contribution in [2.75, 3.05) is 32.8 Å². The summed E-state index contributed by atoms with van der Waals surface area (Å²) < 4.78 is 13.6. The minimum atomic E-state index is 0.258. The second kappa shape index (κ2) is 8.20. The van der Waals surface area contributed by atoms with Crippen LogP contribution in [0.15, 0.2) is 36.7 Å². The number of nitrogens with zero attached hydrogens (tertiary/aromatic N) is 3. The molecule has 4 rings (SSSR count). The Hall–Kier alpha value is -1.89. The summed E-state index contributed by atoms with van der Waals surface area (Å²) in [6.07, 6.45) is 6.41. The molecule has 26 heavy (non-hydrogen) atoms. The fourth-order valence-corrected chi connectivity index (χ4v) is 3.78. The maximum atomic E-state index is 5.87. The van der Waals surface area contributed by atoms with Gasteiger partial charge < -0.3 is 19.4 Å². The molecule has 1 aromatic heterocycles. The van der Waals surface area contributed by atoms with Gasteiger partial charge in [-0.15, -0.1) is 0 Å². The van der Waals surface area contributed by atoms with Crippen molar-refractivity contribution in [1.82, 2.24) is 19.8 Å². The maximum Gasteiger partial charge on any atom is 0.127 e. The first-order chi connectivity index (χ1) is 12.8. The van der Waals surface area contributed by atoms with Crippen molar-refractivity contribution < 1.29 is 9.47 Å². The second-order valence-electron chi connectivity index (χ2n) is 7.18. The highest BCUT2D eigenvalue weighted by atomic mass is 16.5. The van der Waals surface area contributed by atoms with Gasteiger partial charge in [0, 0.05) is 52.2 Å². The highest BCUT2D eigenvalue weighted by Gasteiger charge is 2.26. The third-order valence-corrected chi connectivity index (χ3v) is 5.28. The zero-order chi connectivity index (χ0) is 17.8. The Morgan fingerprint density at radius 1 is 1.31 bits per heavy atom. The summed E-state index contributed by atoms with van der Waals surface area (Å²) >= 11 is 0. The standard InChI is InChI=1S/C20H28N4O2/c1-23-10-9-22-20(23)19-13-21-8-11-24(19)14-16-4-6-17(7-5-16)26-15-18-3-2-12-25-18/h4-7,9-10,18-19,21H,2-3,8,11-15H2,1H3. The molecule has 2 aliphatic heterocycles. The van der Waals surface area contributed by atoms with Crippen molar-refractivity contribution in [3.05, 3.63) is 48.0 Å². The van der Waals surface area contributed by atoms with Gasteiger partial charge in [-0.2, -0.15) is 0 Å². The molecule has 1 aromatic carbocycles. The average molecular weight is 356 g/mol. The molecule has 2 aliphatic rings. The number of rotatable bonds is 6. The van der Waals surface area contributed by atoms with Gasteiger partial charge in [0.05, 0.1) is 12.1 Å². The number of aromatic nitrogens is 2. The van der Waals surface area contributed by atoms with E-state index in [1.54, 1.807) is 0 Å². The van der Waals surface area contributed by atoms with Crippen LogP contribution in [0.3, 0.4) is 0 Å². The van der Waals surface area contributed by atoms with E-state index in [1.807, 2.05) is 12.4 Å². The van der Waals surface area contributed by atoms with Gasteiger partial charge in [0.2, 0.25) is 0 Å². The van der Waals surface area contributed by atoms with Crippen LogP contribution in [0.2, 0.25) is 0 Å². The van der Waals surface area contributed by atoms with Crippen LogP contribution >= 0.6 is 0 Å². The minimum Gasteiger partial charge on any atom is -0.491 e. The molecule has 0 spiro atoms. The Balaban J connectivity index is 1.37. The van der Waals surface area contributed by atoms with E-state index >= 15 is 0 Å². The van der Waals surface area contributed by atoms with Crippen molar-refractivity contribution in [2.45, 2.75) is 31.5 Å². The van der Waals surface area contributed by atoms with Crippen LogP contribution in [0, 0.1) is 0 Å². The van der Waals surface area contributed by atoms with Crippen molar-refractivity contribution in [1.29, 1.82) is 0 Å². The first-order valence-corrected chi connectivity index (χ1v) is 9.55. The fraction of sp³-hybridized carbons (Fsp3) is 0.550. The molecule has 0 aliphatic carbocycles. The lowest BCUT2D eigenvalue weighted by molar-refractivity contribution is 0.0679. The second-order valence-corrected chi connectivity index (χ2v) is 7.18. The molecule has 0 amide bonds. The number of piperazine rings is 1. The Kier molecular flexibility index (Phi) is 5.53. The number of nitrogens with one attached hydrogen (secondary N) is 1. The van der Waals surface area contributed by atoms with Crippen molar-refractivity contribution in [2.24, 2.45) is 7.05 Å². The Morgan fingerprint density at radius 2 is 2.19 bits per heavy atom. The molecule has 0 bridgehead atoms. The molecule has 1 N–H and O–H groups in total. The van der Waals surface area contributed by atoms with E-state index < -0.39 is 0 Å². The summed E-state index contributed by atoms with van der Waals surface area (Å²) in [5.74, 6) is 2.04. The fourth-order valence-electron chi connectivity index (χ4n) is 3.78. The van der Waals surface area contributed by atoms with E-state index in [4.69, 9.17) is 9.47 Å². The zero-order valence-corrected chi connectivity index (χ0v) is 15.4. The monoisotopic (exact) mass is 356 g/mol. The number of ether oxygens (including phenoxy) is 2. The van der Waals surface area contributed by atoms with Crippen molar-refractivity contribution >= 4 is 0 Å². The van der Waals surface area contributed by atoms with Gasteiger partial charge in [0.1, 0.15) is 18.2 Å². The largest absolute Gasteiger partial charge is 0.491 e. The van der Waals surface area contributed by atoms with Gasteiger partial charge in [-0.1, -0.05) is 12.1 Å². The molecule has 2 saturated heterocycles. The highest BCUT2D eigenvalue weighted by molar-refractivity contribution is 5.27. The topological polar surface area (TPSA) is 51.6 Å². The minimum absolute atomic E-state index is 0.258. The molecule has 2 fully saturated rings. The SMILES string of the molecule is Cn1ccnc1C1CNCCN1Cc1ccc(OCC2CCCO2)cc1. The van der Waals surface area contributed by atoms with Crippen LogP contribution in [0.25, 0.3) is 0 Å². The summed E-state index contributed by atoms with van der Waals surface area (Å²) in [6.45, 7) is 5.42. The van der Waals surface area contributed by atoms with Crippen LogP contribution < -0.4 is 10.1 Å².